The SMILES string of the molecule is CCCCc1ccc(C(=O)Nc2ccc(NC(=O)c3ccccc3)c3c2C(=O)c2ccccc2C3=O)cc1. The first-order chi connectivity index (χ1) is 18.5. The molecule has 2 amide bonds. The van der Waals surface area contributed by atoms with Gasteiger partial charge in [0.2, 0.25) is 0 Å². The van der Waals surface area contributed by atoms with Crippen molar-refractivity contribution in [2.75, 3.05) is 10.6 Å². The number of hydrogen-bond donors (Lipinski definition) is 2. The first-order valence-electron chi connectivity index (χ1n) is 12.6. The third-order valence-electron chi connectivity index (χ3n) is 6.64. The number of unbranched alkanes of at least 4 members (excludes halogenated alkanes) is 1. The van der Waals surface area contributed by atoms with Crippen LogP contribution in [0.2, 0.25) is 0 Å². The molecule has 6 nitrogen and oxygen atoms in total. The Balaban J connectivity index is 1.52. The smallest absolute Gasteiger partial charge is 0.255 e. The van der Waals surface area contributed by atoms with Gasteiger partial charge in [-0.2, -0.15) is 0 Å². The molecule has 0 spiro atoms. The van der Waals surface area contributed by atoms with E-state index >= 15 is 0 Å². The van der Waals surface area contributed by atoms with E-state index in [1.54, 1.807) is 78.9 Å². The van der Waals surface area contributed by atoms with E-state index in [1.165, 1.54) is 0 Å². The fourth-order valence-corrected chi connectivity index (χ4v) is 4.61. The minimum absolute atomic E-state index is 0.0608. The minimum Gasteiger partial charge on any atom is -0.321 e. The number of hydrogen-bond acceptors (Lipinski definition) is 4. The number of nitrogens with one attached hydrogen (secondary N) is 2. The van der Waals surface area contributed by atoms with Gasteiger partial charge in [0.05, 0.1) is 22.5 Å². The molecular formula is C32H26N2O4. The fraction of sp³-hybridized carbons (Fsp3) is 0.125. The predicted molar refractivity (Wildman–Crippen MR) is 147 cm³/mol. The van der Waals surface area contributed by atoms with Crippen molar-refractivity contribution in [1.82, 2.24) is 0 Å². The average Bonchev–Trinajstić information content (AvgIpc) is 2.96. The number of anilines is 2. The maximum Gasteiger partial charge on any atom is 0.255 e. The van der Waals surface area contributed by atoms with Gasteiger partial charge in [-0.15, -0.1) is 0 Å². The summed E-state index contributed by atoms with van der Waals surface area (Å²) in [6, 6.07) is 25.6. The molecule has 0 saturated carbocycles. The first kappa shape index (κ1) is 24.8. The van der Waals surface area contributed by atoms with E-state index in [4.69, 9.17) is 0 Å². The van der Waals surface area contributed by atoms with Gasteiger partial charge >= 0.3 is 0 Å². The topological polar surface area (TPSA) is 92.3 Å². The van der Waals surface area contributed by atoms with E-state index in [2.05, 4.69) is 17.6 Å². The molecule has 0 atom stereocenters. The van der Waals surface area contributed by atoms with Gasteiger partial charge in [-0.1, -0.05) is 67.9 Å². The number of amides is 2. The molecule has 1 aliphatic rings. The van der Waals surface area contributed by atoms with Gasteiger partial charge in [-0.25, -0.2) is 0 Å². The quantitative estimate of drug-likeness (QED) is 0.273. The zero-order chi connectivity index (χ0) is 26.6. The van der Waals surface area contributed by atoms with Gasteiger partial charge in [-0.3, -0.25) is 19.2 Å². The monoisotopic (exact) mass is 502 g/mol. The van der Waals surface area contributed by atoms with Crippen LogP contribution < -0.4 is 10.6 Å². The van der Waals surface area contributed by atoms with Crippen molar-refractivity contribution in [2.45, 2.75) is 26.2 Å². The van der Waals surface area contributed by atoms with Crippen LogP contribution in [0.3, 0.4) is 0 Å². The highest BCUT2D eigenvalue weighted by Gasteiger charge is 2.34. The van der Waals surface area contributed by atoms with E-state index < -0.39 is 23.4 Å². The van der Waals surface area contributed by atoms with Crippen LogP contribution in [0.25, 0.3) is 0 Å². The minimum atomic E-state index is -0.410. The summed E-state index contributed by atoms with van der Waals surface area (Å²) in [5.74, 6) is -1.59. The van der Waals surface area contributed by atoms with E-state index in [0.29, 0.717) is 11.1 Å². The Kier molecular flexibility index (Phi) is 6.96. The molecule has 0 bridgehead atoms. The Bertz CT molecular complexity index is 1560. The van der Waals surface area contributed by atoms with Crippen LogP contribution in [0, 0.1) is 0 Å². The molecule has 0 aromatic heterocycles. The molecular weight excluding hydrogens is 476 g/mol. The lowest BCUT2D eigenvalue weighted by Gasteiger charge is -2.23. The maximum atomic E-state index is 13.6. The highest BCUT2D eigenvalue weighted by Crippen LogP contribution is 2.37. The molecule has 2 N–H and O–H groups in total. The number of aryl methyl sites for hydroxylation is 1. The zero-order valence-electron chi connectivity index (χ0n) is 20.9. The molecule has 4 aromatic rings. The summed E-state index contributed by atoms with van der Waals surface area (Å²) in [4.78, 5) is 53.3. The van der Waals surface area contributed by atoms with Crippen molar-refractivity contribution in [2.24, 2.45) is 0 Å². The number of ketones is 2. The summed E-state index contributed by atoms with van der Waals surface area (Å²) in [6.45, 7) is 2.13. The zero-order valence-corrected chi connectivity index (χ0v) is 20.9. The number of carbonyl (C=O) groups excluding carboxylic acids is 4. The molecule has 38 heavy (non-hydrogen) atoms. The molecule has 0 heterocycles. The van der Waals surface area contributed by atoms with Crippen LogP contribution in [-0.2, 0) is 6.42 Å². The molecule has 188 valence electrons. The van der Waals surface area contributed by atoms with E-state index in [-0.39, 0.29) is 33.6 Å². The lowest BCUT2D eigenvalue weighted by molar-refractivity contribution is 0.0977. The lowest BCUT2D eigenvalue weighted by atomic mass is 9.82. The number of carbonyl (C=O) groups is 4. The van der Waals surface area contributed by atoms with Crippen LogP contribution in [0.4, 0.5) is 11.4 Å². The summed E-state index contributed by atoms with van der Waals surface area (Å²) in [6.07, 6.45) is 3.10. The highest BCUT2D eigenvalue weighted by molar-refractivity contribution is 6.33. The maximum absolute atomic E-state index is 13.6. The van der Waals surface area contributed by atoms with Gasteiger partial charge < -0.3 is 10.6 Å². The van der Waals surface area contributed by atoms with Gasteiger partial charge in [0.1, 0.15) is 0 Å². The van der Waals surface area contributed by atoms with Gasteiger partial charge in [0.15, 0.2) is 11.6 Å². The van der Waals surface area contributed by atoms with Crippen molar-refractivity contribution in [3.63, 3.8) is 0 Å². The second-order valence-electron chi connectivity index (χ2n) is 9.19. The van der Waals surface area contributed by atoms with E-state index in [0.717, 1.165) is 24.8 Å². The molecule has 0 aliphatic heterocycles. The number of fused-ring (bicyclic) bond motifs is 2. The second-order valence-corrected chi connectivity index (χ2v) is 9.19. The summed E-state index contributed by atoms with van der Waals surface area (Å²) in [5, 5.41) is 5.60. The molecule has 0 saturated heterocycles. The van der Waals surface area contributed by atoms with E-state index in [1.807, 2.05) is 12.1 Å². The van der Waals surface area contributed by atoms with Crippen molar-refractivity contribution >= 4 is 34.8 Å². The summed E-state index contributed by atoms with van der Waals surface area (Å²) in [5.41, 5.74) is 3.06. The molecule has 0 unspecified atom stereocenters. The Hall–Kier alpha value is -4.84. The van der Waals surface area contributed by atoms with Gasteiger partial charge in [0.25, 0.3) is 11.8 Å². The third kappa shape index (κ3) is 4.76. The largest absolute Gasteiger partial charge is 0.321 e. The molecule has 5 rings (SSSR count). The molecule has 6 heteroatoms. The second kappa shape index (κ2) is 10.6. The van der Waals surface area contributed by atoms with Crippen LogP contribution in [-0.4, -0.2) is 23.4 Å². The number of benzene rings is 4. The molecule has 0 radical (unpaired) electrons. The average molecular weight is 503 g/mol. The van der Waals surface area contributed by atoms with Crippen LogP contribution >= 0.6 is 0 Å². The van der Waals surface area contributed by atoms with Crippen LogP contribution in [0.5, 0.6) is 0 Å². The molecule has 0 fully saturated rings. The van der Waals surface area contributed by atoms with Crippen molar-refractivity contribution in [3.05, 3.63) is 130 Å². The van der Waals surface area contributed by atoms with Crippen LogP contribution in [0.1, 0.15) is 77.9 Å². The summed E-state index contributed by atoms with van der Waals surface area (Å²) >= 11 is 0. The Labute approximate surface area is 220 Å². The summed E-state index contributed by atoms with van der Waals surface area (Å²) < 4.78 is 0. The Morgan fingerprint density at radius 1 is 0.605 bits per heavy atom. The van der Waals surface area contributed by atoms with Crippen molar-refractivity contribution in [3.8, 4) is 0 Å². The highest BCUT2D eigenvalue weighted by atomic mass is 16.2. The van der Waals surface area contributed by atoms with Gasteiger partial charge in [0, 0.05) is 22.3 Å². The fourth-order valence-electron chi connectivity index (χ4n) is 4.61. The lowest BCUT2D eigenvalue weighted by Crippen LogP contribution is -2.26. The van der Waals surface area contributed by atoms with E-state index in [9.17, 15) is 19.2 Å². The molecule has 4 aromatic carbocycles. The standard InChI is InChI=1S/C32H26N2O4/c1-2-3-9-20-14-16-22(17-15-20)32(38)34-26-19-18-25(33-31(37)21-10-5-4-6-11-21)27-28(26)30(36)24-13-8-7-12-23(24)29(27)35/h4-8,10-19H,2-3,9H2,1H3,(H,33,37)(H,34,38). The Morgan fingerprint density at radius 3 is 1.58 bits per heavy atom. The Morgan fingerprint density at radius 2 is 1.08 bits per heavy atom. The van der Waals surface area contributed by atoms with Crippen LogP contribution in [0.15, 0.2) is 91.0 Å². The van der Waals surface area contributed by atoms with Gasteiger partial charge in [-0.05, 0) is 54.8 Å². The summed E-state index contributed by atoms with van der Waals surface area (Å²) in [7, 11) is 0. The number of rotatable bonds is 7. The van der Waals surface area contributed by atoms with Crippen molar-refractivity contribution in [1.29, 1.82) is 0 Å². The molecule has 1 aliphatic carbocycles. The van der Waals surface area contributed by atoms with Crippen molar-refractivity contribution < 1.29 is 19.2 Å². The normalized spacial score (nSPS) is 11.9. The first-order valence-corrected chi connectivity index (χ1v) is 12.6. The third-order valence-corrected chi connectivity index (χ3v) is 6.64. The predicted octanol–water partition coefficient (Wildman–Crippen LogP) is 6.31.